The standard InChI is InChI=1S/C11H11ClO3/c1-3-9(13)7-5-4-6-8(12)10(7)11(14)15-2/h4-6H,3H2,1-2H3. The first kappa shape index (κ1) is 11.7. The van der Waals surface area contributed by atoms with Crippen LogP contribution in [0.5, 0.6) is 0 Å². The zero-order valence-electron chi connectivity index (χ0n) is 8.54. The first-order chi connectivity index (χ1) is 7.11. The first-order valence-electron chi connectivity index (χ1n) is 4.51. The van der Waals surface area contributed by atoms with Gasteiger partial charge in [-0.2, -0.15) is 0 Å². The van der Waals surface area contributed by atoms with Gasteiger partial charge in [-0.1, -0.05) is 30.7 Å². The Hall–Kier alpha value is -1.35. The summed E-state index contributed by atoms with van der Waals surface area (Å²) in [6.07, 6.45) is 0.324. The van der Waals surface area contributed by atoms with Crippen molar-refractivity contribution in [1.29, 1.82) is 0 Å². The molecule has 3 nitrogen and oxygen atoms in total. The number of rotatable bonds is 3. The van der Waals surface area contributed by atoms with Crippen molar-refractivity contribution >= 4 is 23.4 Å². The Morgan fingerprint density at radius 2 is 2.07 bits per heavy atom. The summed E-state index contributed by atoms with van der Waals surface area (Å²) in [6, 6.07) is 4.77. The molecule has 0 aromatic heterocycles. The zero-order chi connectivity index (χ0) is 11.4. The molecule has 0 heterocycles. The lowest BCUT2D eigenvalue weighted by Crippen LogP contribution is -2.10. The Labute approximate surface area is 93.0 Å². The fraction of sp³-hybridized carbons (Fsp3) is 0.273. The minimum Gasteiger partial charge on any atom is -0.465 e. The van der Waals surface area contributed by atoms with E-state index in [0.717, 1.165) is 0 Å². The van der Waals surface area contributed by atoms with Crippen molar-refractivity contribution in [2.24, 2.45) is 0 Å². The van der Waals surface area contributed by atoms with E-state index < -0.39 is 5.97 Å². The van der Waals surface area contributed by atoms with E-state index in [9.17, 15) is 9.59 Å². The van der Waals surface area contributed by atoms with Crippen molar-refractivity contribution < 1.29 is 14.3 Å². The van der Waals surface area contributed by atoms with Crippen LogP contribution in [0, 0.1) is 0 Å². The zero-order valence-corrected chi connectivity index (χ0v) is 9.30. The van der Waals surface area contributed by atoms with Gasteiger partial charge in [0.15, 0.2) is 5.78 Å². The van der Waals surface area contributed by atoms with Crippen LogP contribution in [0.2, 0.25) is 5.02 Å². The number of hydrogen-bond donors (Lipinski definition) is 0. The normalized spacial score (nSPS) is 9.80. The Morgan fingerprint density at radius 3 is 2.60 bits per heavy atom. The predicted molar refractivity (Wildman–Crippen MR) is 57.4 cm³/mol. The highest BCUT2D eigenvalue weighted by atomic mass is 35.5. The average molecular weight is 227 g/mol. The number of hydrogen-bond acceptors (Lipinski definition) is 3. The Morgan fingerprint density at radius 1 is 1.40 bits per heavy atom. The fourth-order valence-electron chi connectivity index (χ4n) is 1.26. The van der Waals surface area contributed by atoms with Crippen molar-refractivity contribution in [3.63, 3.8) is 0 Å². The third kappa shape index (κ3) is 2.36. The maximum atomic E-state index is 11.5. The quantitative estimate of drug-likeness (QED) is 0.588. The minimum absolute atomic E-state index is 0.127. The van der Waals surface area contributed by atoms with Crippen LogP contribution in [-0.4, -0.2) is 18.9 Å². The predicted octanol–water partition coefficient (Wildman–Crippen LogP) is 2.72. The SMILES string of the molecule is CCC(=O)c1cccc(Cl)c1C(=O)OC. The van der Waals surface area contributed by atoms with Gasteiger partial charge in [-0.15, -0.1) is 0 Å². The topological polar surface area (TPSA) is 43.4 Å². The molecule has 0 saturated heterocycles. The number of ketones is 1. The molecule has 0 aliphatic rings. The largest absolute Gasteiger partial charge is 0.465 e. The lowest BCUT2D eigenvalue weighted by atomic mass is 10.0. The third-order valence-electron chi connectivity index (χ3n) is 2.02. The smallest absolute Gasteiger partial charge is 0.340 e. The summed E-state index contributed by atoms with van der Waals surface area (Å²) >= 11 is 5.85. The van der Waals surface area contributed by atoms with Crippen LogP contribution < -0.4 is 0 Å². The molecule has 0 bridgehead atoms. The van der Waals surface area contributed by atoms with Crippen LogP contribution >= 0.6 is 11.6 Å². The highest BCUT2D eigenvalue weighted by Crippen LogP contribution is 2.22. The fourth-order valence-corrected chi connectivity index (χ4v) is 1.51. The highest BCUT2D eigenvalue weighted by Gasteiger charge is 2.19. The van der Waals surface area contributed by atoms with Crippen molar-refractivity contribution in [3.05, 3.63) is 34.3 Å². The van der Waals surface area contributed by atoms with Gasteiger partial charge < -0.3 is 4.74 Å². The molecule has 0 fully saturated rings. The second kappa shape index (κ2) is 4.94. The number of methoxy groups -OCH3 is 1. The Kier molecular flexibility index (Phi) is 3.86. The lowest BCUT2D eigenvalue weighted by molar-refractivity contribution is 0.0597. The molecule has 1 rings (SSSR count). The number of halogens is 1. The summed E-state index contributed by atoms with van der Waals surface area (Å²) in [5.41, 5.74) is 0.463. The van der Waals surface area contributed by atoms with Gasteiger partial charge in [0.2, 0.25) is 0 Å². The van der Waals surface area contributed by atoms with E-state index in [4.69, 9.17) is 11.6 Å². The number of ether oxygens (including phenoxy) is 1. The molecule has 1 aromatic carbocycles. The molecule has 80 valence electrons. The van der Waals surface area contributed by atoms with E-state index in [-0.39, 0.29) is 16.4 Å². The molecule has 0 amide bonds. The molecule has 0 aliphatic heterocycles. The number of benzene rings is 1. The number of esters is 1. The van der Waals surface area contributed by atoms with Crippen LogP contribution in [0.15, 0.2) is 18.2 Å². The Balaban J connectivity index is 3.32. The van der Waals surface area contributed by atoms with E-state index in [1.165, 1.54) is 7.11 Å². The van der Waals surface area contributed by atoms with Gasteiger partial charge >= 0.3 is 5.97 Å². The summed E-state index contributed by atoms with van der Waals surface area (Å²) in [6.45, 7) is 1.73. The molecular formula is C11H11ClO3. The maximum absolute atomic E-state index is 11.5. The summed E-state index contributed by atoms with van der Waals surface area (Å²) in [5.74, 6) is -0.713. The molecule has 0 aliphatic carbocycles. The lowest BCUT2D eigenvalue weighted by Gasteiger charge is -2.07. The van der Waals surface area contributed by atoms with E-state index in [0.29, 0.717) is 12.0 Å². The van der Waals surface area contributed by atoms with Crippen molar-refractivity contribution in [2.45, 2.75) is 13.3 Å². The van der Waals surface area contributed by atoms with Crippen molar-refractivity contribution in [2.75, 3.05) is 7.11 Å². The second-order valence-electron chi connectivity index (χ2n) is 2.93. The molecule has 0 saturated carbocycles. The van der Waals surface area contributed by atoms with Gasteiger partial charge in [-0.25, -0.2) is 4.79 Å². The second-order valence-corrected chi connectivity index (χ2v) is 3.34. The van der Waals surface area contributed by atoms with Gasteiger partial charge in [0.05, 0.1) is 17.7 Å². The van der Waals surface area contributed by atoms with Gasteiger partial charge in [-0.3, -0.25) is 4.79 Å². The monoisotopic (exact) mass is 226 g/mol. The van der Waals surface area contributed by atoms with Gasteiger partial charge in [0.1, 0.15) is 0 Å². The van der Waals surface area contributed by atoms with Gasteiger partial charge in [0.25, 0.3) is 0 Å². The van der Waals surface area contributed by atoms with E-state index in [1.54, 1.807) is 25.1 Å². The number of Topliss-reactive ketones (excluding diaryl/α,β-unsaturated/α-hetero) is 1. The van der Waals surface area contributed by atoms with E-state index >= 15 is 0 Å². The summed E-state index contributed by atoms with van der Waals surface area (Å²) in [4.78, 5) is 23.0. The maximum Gasteiger partial charge on any atom is 0.340 e. The van der Waals surface area contributed by atoms with Crippen LogP contribution in [-0.2, 0) is 4.74 Å². The average Bonchev–Trinajstić information content (AvgIpc) is 2.26. The molecule has 0 atom stereocenters. The van der Waals surface area contributed by atoms with Gasteiger partial charge in [-0.05, 0) is 6.07 Å². The van der Waals surface area contributed by atoms with Crippen LogP contribution in [0.25, 0.3) is 0 Å². The summed E-state index contributed by atoms with van der Waals surface area (Å²) < 4.78 is 4.58. The molecular weight excluding hydrogens is 216 g/mol. The van der Waals surface area contributed by atoms with Crippen LogP contribution in [0.3, 0.4) is 0 Å². The molecule has 0 radical (unpaired) electrons. The first-order valence-corrected chi connectivity index (χ1v) is 4.89. The minimum atomic E-state index is -0.586. The number of carbonyl (C=O) groups excluding carboxylic acids is 2. The molecule has 15 heavy (non-hydrogen) atoms. The highest BCUT2D eigenvalue weighted by molar-refractivity contribution is 6.34. The van der Waals surface area contributed by atoms with Gasteiger partial charge in [0, 0.05) is 12.0 Å². The molecule has 4 heteroatoms. The summed E-state index contributed by atoms with van der Waals surface area (Å²) in [7, 11) is 1.26. The summed E-state index contributed by atoms with van der Waals surface area (Å²) in [5, 5.41) is 0.237. The van der Waals surface area contributed by atoms with Crippen molar-refractivity contribution in [1.82, 2.24) is 0 Å². The van der Waals surface area contributed by atoms with Crippen LogP contribution in [0.1, 0.15) is 34.1 Å². The van der Waals surface area contributed by atoms with E-state index in [2.05, 4.69) is 4.74 Å². The Bertz CT molecular complexity index is 399. The van der Waals surface area contributed by atoms with Crippen molar-refractivity contribution in [3.8, 4) is 0 Å². The molecule has 0 spiro atoms. The molecule has 0 unspecified atom stereocenters. The molecule has 0 N–H and O–H groups in total. The third-order valence-corrected chi connectivity index (χ3v) is 2.34. The van der Waals surface area contributed by atoms with E-state index in [1.807, 2.05) is 0 Å². The molecule has 1 aromatic rings. The van der Waals surface area contributed by atoms with Crippen LogP contribution in [0.4, 0.5) is 0 Å². The number of carbonyl (C=O) groups is 2.